The van der Waals surface area contributed by atoms with Gasteiger partial charge in [-0.2, -0.15) is 5.10 Å². The van der Waals surface area contributed by atoms with Crippen molar-refractivity contribution in [3.05, 3.63) is 58.9 Å². The topological polar surface area (TPSA) is 88.3 Å². The molecule has 0 radical (unpaired) electrons. The molecule has 2 aromatic heterocycles. The Hall–Kier alpha value is -3.00. The monoisotopic (exact) mass is 368 g/mol. The number of nitrogens with zero attached hydrogens (tertiary/aromatic N) is 4. The Morgan fingerprint density at radius 2 is 2.04 bits per heavy atom. The van der Waals surface area contributed by atoms with Gasteiger partial charge in [0, 0.05) is 37.2 Å². The highest BCUT2D eigenvalue weighted by Gasteiger charge is 2.35. The number of aromatic nitrogens is 3. The van der Waals surface area contributed by atoms with E-state index in [0.717, 1.165) is 16.7 Å². The molecular weight excluding hydrogens is 352 g/mol. The minimum Gasteiger partial charge on any atom is -0.480 e. The quantitative estimate of drug-likeness (QED) is 0.766. The molecule has 8 heteroatoms. The van der Waals surface area contributed by atoms with Crippen molar-refractivity contribution in [2.24, 2.45) is 7.05 Å². The zero-order chi connectivity index (χ0) is 18.3. The highest BCUT2D eigenvalue weighted by atomic mass is 32.1. The second-order valence-electron chi connectivity index (χ2n) is 6.20. The van der Waals surface area contributed by atoms with Crippen molar-refractivity contribution in [2.45, 2.75) is 19.0 Å². The fraction of sp³-hybridized carbons (Fsp3) is 0.222. The SMILES string of the molecule is Cn1cc(-c2nc(C(=O)N3Cc4ccccc4C[C@H]3C(=O)O)cs2)cn1. The van der Waals surface area contributed by atoms with Gasteiger partial charge in [0.05, 0.1) is 6.20 Å². The van der Waals surface area contributed by atoms with E-state index in [0.29, 0.717) is 11.4 Å². The maximum atomic E-state index is 13.0. The van der Waals surface area contributed by atoms with E-state index in [1.54, 1.807) is 16.3 Å². The first-order valence-electron chi connectivity index (χ1n) is 8.08. The van der Waals surface area contributed by atoms with E-state index in [-0.39, 0.29) is 18.1 Å². The average molecular weight is 368 g/mol. The number of rotatable bonds is 3. The van der Waals surface area contributed by atoms with Gasteiger partial charge >= 0.3 is 5.97 Å². The fourth-order valence-corrected chi connectivity index (χ4v) is 3.91. The third kappa shape index (κ3) is 2.88. The number of amides is 1. The van der Waals surface area contributed by atoms with Gasteiger partial charge in [-0.1, -0.05) is 24.3 Å². The van der Waals surface area contributed by atoms with Crippen LogP contribution in [0.1, 0.15) is 21.6 Å². The minimum atomic E-state index is -1.00. The molecule has 0 saturated carbocycles. The molecule has 7 nitrogen and oxygen atoms in total. The molecule has 1 aliphatic rings. The predicted octanol–water partition coefficient (Wildman–Crippen LogP) is 2.20. The molecule has 1 amide bonds. The summed E-state index contributed by atoms with van der Waals surface area (Å²) in [5.41, 5.74) is 3.04. The Bertz CT molecular complexity index is 994. The molecule has 1 aromatic carbocycles. The van der Waals surface area contributed by atoms with Crippen molar-refractivity contribution < 1.29 is 14.7 Å². The fourth-order valence-electron chi connectivity index (χ4n) is 3.14. The Morgan fingerprint density at radius 1 is 1.27 bits per heavy atom. The van der Waals surface area contributed by atoms with Crippen molar-refractivity contribution >= 4 is 23.2 Å². The molecule has 1 aliphatic heterocycles. The molecule has 1 N–H and O–H groups in total. The Morgan fingerprint density at radius 3 is 2.73 bits per heavy atom. The maximum Gasteiger partial charge on any atom is 0.326 e. The summed E-state index contributed by atoms with van der Waals surface area (Å²) in [6.07, 6.45) is 3.81. The number of carboxylic acids is 1. The van der Waals surface area contributed by atoms with Crippen LogP contribution in [0.3, 0.4) is 0 Å². The van der Waals surface area contributed by atoms with E-state index >= 15 is 0 Å². The van der Waals surface area contributed by atoms with Crippen LogP contribution in [-0.4, -0.2) is 42.7 Å². The summed E-state index contributed by atoms with van der Waals surface area (Å²) in [5, 5.41) is 16.1. The van der Waals surface area contributed by atoms with Gasteiger partial charge in [0.15, 0.2) is 0 Å². The van der Waals surface area contributed by atoms with Gasteiger partial charge in [-0.15, -0.1) is 11.3 Å². The third-order valence-electron chi connectivity index (χ3n) is 4.47. The molecule has 26 heavy (non-hydrogen) atoms. The second-order valence-corrected chi connectivity index (χ2v) is 7.06. The first kappa shape index (κ1) is 16.5. The third-order valence-corrected chi connectivity index (χ3v) is 5.36. The molecule has 0 spiro atoms. The number of carboxylic acid groups (broad SMARTS) is 1. The van der Waals surface area contributed by atoms with Crippen LogP contribution < -0.4 is 0 Å². The van der Waals surface area contributed by atoms with Crippen LogP contribution in [-0.2, 0) is 24.8 Å². The Kier molecular flexibility index (Phi) is 4.04. The van der Waals surface area contributed by atoms with Crippen molar-refractivity contribution in [3.63, 3.8) is 0 Å². The Labute approximate surface area is 153 Å². The van der Waals surface area contributed by atoms with Crippen LogP contribution in [0.15, 0.2) is 42.0 Å². The molecule has 0 unspecified atom stereocenters. The number of aliphatic carboxylic acids is 1. The van der Waals surface area contributed by atoms with Crippen molar-refractivity contribution in [3.8, 4) is 10.6 Å². The molecule has 132 valence electrons. The highest BCUT2D eigenvalue weighted by Crippen LogP contribution is 2.28. The first-order valence-corrected chi connectivity index (χ1v) is 8.96. The van der Waals surface area contributed by atoms with E-state index in [9.17, 15) is 14.7 Å². The predicted molar refractivity (Wildman–Crippen MR) is 95.8 cm³/mol. The van der Waals surface area contributed by atoms with Crippen LogP contribution in [0.25, 0.3) is 10.6 Å². The summed E-state index contributed by atoms with van der Waals surface area (Å²) in [4.78, 5) is 30.5. The van der Waals surface area contributed by atoms with Crippen molar-refractivity contribution in [2.75, 3.05) is 0 Å². The number of fused-ring (bicyclic) bond motifs is 1. The summed E-state index contributed by atoms with van der Waals surface area (Å²) >= 11 is 1.34. The summed E-state index contributed by atoms with van der Waals surface area (Å²) < 4.78 is 1.67. The average Bonchev–Trinajstić information content (AvgIpc) is 3.29. The summed E-state index contributed by atoms with van der Waals surface area (Å²) in [7, 11) is 1.81. The molecule has 4 rings (SSSR count). The number of thiazole rings is 1. The van der Waals surface area contributed by atoms with Gasteiger partial charge in [-0.3, -0.25) is 9.48 Å². The van der Waals surface area contributed by atoms with Crippen molar-refractivity contribution in [1.82, 2.24) is 19.7 Å². The van der Waals surface area contributed by atoms with E-state index in [4.69, 9.17) is 0 Å². The first-order chi connectivity index (χ1) is 12.5. The number of hydrogen-bond acceptors (Lipinski definition) is 5. The van der Waals surface area contributed by atoms with Gasteiger partial charge in [0.25, 0.3) is 5.91 Å². The van der Waals surface area contributed by atoms with Crippen LogP contribution in [0.2, 0.25) is 0 Å². The van der Waals surface area contributed by atoms with Gasteiger partial charge in [0.1, 0.15) is 16.7 Å². The van der Waals surface area contributed by atoms with E-state index in [1.807, 2.05) is 37.5 Å². The maximum absolute atomic E-state index is 13.0. The van der Waals surface area contributed by atoms with Gasteiger partial charge in [-0.05, 0) is 11.1 Å². The molecule has 0 aliphatic carbocycles. The van der Waals surface area contributed by atoms with Gasteiger partial charge in [0.2, 0.25) is 0 Å². The molecule has 1 atom stereocenters. The molecular formula is C18H16N4O3S. The van der Waals surface area contributed by atoms with Gasteiger partial charge < -0.3 is 10.0 Å². The molecule has 0 saturated heterocycles. The molecule has 0 fully saturated rings. The largest absolute Gasteiger partial charge is 0.480 e. The summed E-state index contributed by atoms with van der Waals surface area (Å²) in [6.45, 7) is 0.270. The van der Waals surface area contributed by atoms with Crippen LogP contribution in [0, 0.1) is 0 Å². The second kappa shape index (κ2) is 6.38. The van der Waals surface area contributed by atoms with Crippen LogP contribution >= 0.6 is 11.3 Å². The van der Waals surface area contributed by atoms with E-state index < -0.39 is 12.0 Å². The molecule has 0 bridgehead atoms. The lowest BCUT2D eigenvalue weighted by molar-refractivity contribution is -0.142. The normalized spacial score (nSPS) is 16.3. The molecule has 3 heterocycles. The lowest BCUT2D eigenvalue weighted by atomic mass is 9.94. The minimum absolute atomic E-state index is 0.263. The smallest absolute Gasteiger partial charge is 0.326 e. The highest BCUT2D eigenvalue weighted by molar-refractivity contribution is 7.13. The van der Waals surface area contributed by atoms with Gasteiger partial charge in [-0.25, -0.2) is 9.78 Å². The standard InChI is InChI=1S/C18H16N4O3S/c1-21-8-13(7-19-21)16-20-14(10-26-16)17(23)22-9-12-5-3-2-4-11(12)6-15(22)18(24)25/h2-5,7-8,10,15H,6,9H2,1H3,(H,24,25)/t15-/m0/s1. The molecule has 3 aromatic rings. The van der Waals surface area contributed by atoms with E-state index in [2.05, 4.69) is 10.1 Å². The number of carbonyl (C=O) groups is 2. The Balaban J connectivity index is 1.64. The zero-order valence-corrected chi connectivity index (χ0v) is 14.8. The summed E-state index contributed by atoms with van der Waals surface area (Å²) in [5.74, 6) is -1.37. The van der Waals surface area contributed by atoms with Crippen molar-refractivity contribution in [1.29, 1.82) is 0 Å². The van der Waals surface area contributed by atoms with Crippen LogP contribution in [0.4, 0.5) is 0 Å². The lowest BCUT2D eigenvalue weighted by Gasteiger charge is -2.34. The number of aryl methyl sites for hydroxylation is 1. The lowest BCUT2D eigenvalue weighted by Crippen LogP contribution is -2.48. The summed E-state index contributed by atoms with van der Waals surface area (Å²) in [6, 6.07) is 6.73. The number of carbonyl (C=O) groups excluding carboxylic acids is 1. The number of benzene rings is 1. The van der Waals surface area contributed by atoms with E-state index in [1.165, 1.54) is 16.2 Å². The zero-order valence-electron chi connectivity index (χ0n) is 14.0. The number of hydrogen-bond donors (Lipinski definition) is 1. The van der Waals surface area contributed by atoms with Crippen LogP contribution in [0.5, 0.6) is 0 Å².